The highest BCUT2D eigenvalue weighted by Crippen LogP contribution is 2.49. The van der Waals surface area contributed by atoms with Crippen LogP contribution >= 0.6 is 0 Å². The molecule has 0 aromatic rings. The van der Waals surface area contributed by atoms with Gasteiger partial charge in [0.15, 0.2) is 0 Å². The second-order valence-corrected chi connectivity index (χ2v) is 8.20. The Hall–Kier alpha value is -0.0400. The second-order valence-electron chi connectivity index (χ2n) is 8.20. The maximum Gasteiger partial charge on any atom is -0.00178 e. The van der Waals surface area contributed by atoms with Crippen LogP contribution in [0.25, 0.3) is 0 Å². The van der Waals surface area contributed by atoms with Crippen LogP contribution in [0.3, 0.4) is 0 Å². The third-order valence-corrected chi connectivity index (χ3v) is 5.86. The first-order valence-electron chi connectivity index (χ1n) is 8.73. The molecule has 2 fully saturated rings. The molecule has 2 saturated carbocycles. The summed E-state index contributed by atoms with van der Waals surface area (Å²) in [6, 6.07) is 0. The molecule has 0 saturated heterocycles. The van der Waals surface area contributed by atoms with Gasteiger partial charge in [0, 0.05) is 0 Å². The highest BCUT2D eigenvalue weighted by atomic mass is 14.9. The fourth-order valence-electron chi connectivity index (χ4n) is 4.22. The molecular formula is C18H35N. The molecule has 0 amide bonds. The lowest BCUT2D eigenvalue weighted by molar-refractivity contribution is 0.0364. The van der Waals surface area contributed by atoms with E-state index in [1.165, 1.54) is 58.0 Å². The lowest BCUT2D eigenvalue weighted by Crippen LogP contribution is -2.41. The molecule has 0 radical (unpaired) electrons. The molecule has 0 aromatic heterocycles. The van der Waals surface area contributed by atoms with E-state index in [0.29, 0.717) is 5.41 Å². The van der Waals surface area contributed by atoms with Crippen LogP contribution in [0.4, 0.5) is 0 Å². The first-order valence-corrected chi connectivity index (χ1v) is 8.73. The van der Waals surface area contributed by atoms with Crippen molar-refractivity contribution in [3.63, 3.8) is 0 Å². The van der Waals surface area contributed by atoms with E-state index in [9.17, 15) is 0 Å². The predicted molar refractivity (Wildman–Crippen MR) is 84.3 cm³/mol. The minimum atomic E-state index is 0.518. The smallest absolute Gasteiger partial charge is 0.00178 e. The van der Waals surface area contributed by atoms with Crippen molar-refractivity contribution in [2.24, 2.45) is 29.1 Å². The van der Waals surface area contributed by atoms with Gasteiger partial charge in [0.2, 0.25) is 0 Å². The third kappa shape index (κ3) is 3.97. The van der Waals surface area contributed by atoms with Crippen LogP contribution in [0.2, 0.25) is 0 Å². The summed E-state index contributed by atoms with van der Waals surface area (Å²) in [5, 5.41) is 3.69. The van der Waals surface area contributed by atoms with E-state index >= 15 is 0 Å². The molecule has 2 aliphatic carbocycles. The van der Waals surface area contributed by atoms with Gasteiger partial charge in [0.25, 0.3) is 0 Å². The van der Waals surface area contributed by atoms with Gasteiger partial charge < -0.3 is 5.32 Å². The number of rotatable bonds is 5. The maximum atomic E-state index is 3.69. The van der Waals surface area contributed by atoms with Gasteiger partial charge in [0.1, 0.15) is 0 Å². The molecule has 0 aromatic carbocycles. The van der Waals surface area contributed by atoms with Crippen molar-refractivity contribution >= 4 is 0 Å². The van der Waals surface area contributed by atoms with E-state index in [0.717, 1.165) is 23.7 Å². The van der Waals surface area contributed by atoms with Crippen LogP contribution in [-0.4, -0.2) is 13.1 Å². The average Bonchev–Trinajstić information content (AvgIpc) is 2.27. The van der Waals surface area contributed by atoms with Crippen molar-refractivity contribution < 1.29 is 0 Å². The van der Waals surface area contributed by atoms with E-state index in [2.05, 4.69) is 33.0 Å². The molecule has 3 atom stereocenters. The number of nitrogens with one attached hydrogen (secondary N) is 1. The third-order valence-electron chi connectivity index (χ3n) is 5.86. The maximum absolute atomic E-state index is 3.69. The molecule has 0 bridgehead atoms. The Labute approximate surface area is 120 Å². The summed E-state index contributed by atoms with van der Waals surface area (Å²) < 4.78 is 0. The molecule has 2 rings (SSSR count). The first-order chi connectivity index (χ1) is 9.02. The lowest BCUT2D eigenvalue weighted by Gasteiger charge is -2.47. The summed E-state index contributed by atoms with van der Waals surface area (Å²) in [6.45, 7) is 12.1. The summed E-state index contributed by atoms with van der Waals surface area (Å²) >= 11 is 0. The zero-order chi connectivity index (χ0) is 13.9. The molecule has 1 N–H and O–H groups in total. The molecular weight excluding hydrogens is 230 g/mol. The first kappa shape index (κ1) is 15.4. The molecule has 112 valence electrons. The Bertz CT molecular complexity index is 261. The van der Waals surface area contributed by atoms with Crippen molar-refractivity contribution in [2.45, 2.75) is 72.6 Å². The Morgan fingerprint density at radius 1 is 1.05 bits per heavy atom. The van der Waals surface area contributed by atoms with E-state index < -0.39 is 0 Å². The zero-order valence-corrected chi connectivity index (χ0v) is 13.7. The van der Waals surface area contributed by atoms with Crippen LogP contribution in [-0.2, 0) is 0 Å². The summed E-state index contributed by atoms with van der Waals surface area (Å²) in [4.78, 5) is 0. The molecule has 1 nitrogen and oxygen atoms in total. The van der Waals surface area contributed by atoms with E-state index in [1.54, 1.807) is 0 Å². The van der Waals surface area contributed by atoms with Crippen LogP contribution in [0.5, 0.6) is 0 Å². The van der Waals surface area contributed by atoms with Crippen molar-refractivity contribution in [2.75, 3.05) is 13.1 Å². The standard InChI is InChI=1S/C18H35N/c1-5-11-19-13-15-9-10-16(18(2,3)4)12-17(15)14-7-6-8-14/h14-17,19H,5-13H2,1-4H3. The molecule has 0 heterocycles. The molecule has 0 aliphatic heterocycles. The average molecular weight is 265 g/mol. The summed E-state index contributed by atoms with van der Waals surface area (Å²) in [6.07, 6.45) is 10.2. The van der Waals surface area contributed by atoms with Crippen molar-refractivity contribution in [1.82, 2.24) is 5.32 Å². The summed E-state index contributed by atoms with van der Waals surface area (Å²) in [7, 11) is 0. The van der Waals surface area contributed by atoms with Gasteiger partial charge in [-0.3, -0.25) is 0 Å². The van der Waals surface area contributed by atoms with Gasteiger partial charge in [-0.15, -0.1) is 0 Å². The van der Waals surface area contributed by atoms with E-state index in [4.69, 9.17) is 0 Å². The van der Waals surface area contributed by atoms with Crippen LogP contribution in [0.1, 0.15) is 72.6 Å². The molecule has 1 heteroatoms. The van der Waals surface area contributed by atoms with Gasteiger partial charge in [-0.2, -0.15) is 0 Å². The van der Waals surface area contributed by atoms with E-state index in [1.807, 2.05) is 0 Å². The monoisotopic (exact) mass is 265 g/mol. The Kier molecular flexibility index (Phi) is 5.34. The summed E-state index contributed by atoms with van der Waals surface area (Å²) in [5.74, 6) is 4.02. The van der Waals surface area contributed by atoms with Crippen molar-refractivity contribution in [3.05, 3.63) is 0 Å². The second kappa shape index (κ2) is 6.61. The van der Waals surface area contributed by atoms with Gasteiger partial charge in [-0.25, -0.2) is 0 Å². The molecule has 2 aliphatic rings. The van der Waals surface area contributed by atoms with Gasteiger partial charge >= 0.3 is 0 Å². The Balaban J connectivity index is 1.92. The number of hydrogen-bond acceptors (Lipinski definition) is 1. The Morgan fingerprint density at radius 3 is 2.32 bits per heavy atom. The van der Waals surface area contributed by atoms with E-state index in [-0.39, 0.29) is 0 Å². The molecule has 0 spiro atoms. The SMILES string of the molecule is CCCNCC1CCC(C(C)(C)C)CC1C1CCC1. The van der Waals surface area contributed by atoms with Crippen LogP contribution in [0, 0.1) is 29.1 Å². The fourth-order valence-corrected chi connectivity index (χ4v) is 4.22. The van der Waals surface area contributed by atoms with Crippen molar-refractivity contribution in [1.29, 1.82) is 0 Å². The minimum Gasteiger partial charge on any atom is -0.316 e. The lowest BCUT2D eigenvalue weighted by atomic mass is 9.59. The predicted octanol–water partition coefficient (Wildman–Crippen LogP) is 4.86. The largest absolute Gasteiger partial charge is 0.316 e. The molecule has 19 heavy (non-hydrogen) atoms. The summed E-state index contributed by atoms with van der Waals surface area (Å²) in [5.41, 5.74) is 0.518. The van der Waals surface area contributed by atoms with Crippen molar-refractivity contribution in [3.8, 4) is 0 Å². The molecule has 3 unspecified atom stereocenters. The minimum absolute atomic E-state index is 0.518. The topological polar surface area (TPSA) is 12.0 Å². The highest BCUT2D eigenvalue weighted by molar-refractivity contribution is 4.91. The van der Waals surface area contributed by atoms with Gasteiger partial charge in [0.05, 0.1) is 0 Å². The normalized spacial score (nSPS) is 33.2. The van der Waals surface area contributed by atoms with Gasteiger partial charge in [-0.05, 0) is 67.9 Å². The van der Waals surface area contributed by atoms with Crippen LogP contribution < -0.4 is 5.32 Å². The zero-order valence-electron chi connectivity index (χ0n) is 13.7. The number of hydrogen-bond donors (Lipinski definition) is 1. The van der Waals surface area contributed by atoms with Crippen LogP contribution in [0.15, 0.2) is 0 Å². The quantitative estimate of drug-likeness (QED) is 0.700. The fraction of sp³-hybridized carbons (Fsp3) is 1.00. The Morgan fingerprint density at radius 2 is 1.79 bits per heavy atom. The highest BCUT2D eigenvalue weighted by Gasteiger charge is 2.40. The van der Waals surface area contributed by atoms with Gasteiger partial charge in [-0.1, -0.05) is 47.0 Å².